The number of methoxy groups -OCH3 is 1. The smallest absolute Gasteiger partial charge is 0.305 e. The van der Waals surface area contributed by atoms with Gasteiger partial charge in [-0.05, 0) is 50.0 Å². The first-order valence-electron chi connectivity index (χ1n) is 9.55. The summed E-state index contributed by atoms with van der Waals surface area (Å²) in [5.41, 5.74) is 0.842. The fourth-order valence-electron chi connectivity index (χ4n) is 3.09. The average Bonchev–Trinajstić information content (AvgIpc) is 2.71. The zero-order chi connectivity index (χ0) is 19.5. The van der Waals surface area contributed by atoms with Gasteiger partial charge in [-0.15, -0.1) is 0 Å². The van der Waals surface area contributed by atoms with Gasteiger partial charge in [-0.3, -0.25) is 9.59 Å². The zero-order valence-corrected chi connectivity index (χ0v) is 16.7. The van der Waals surface area contributed by atoms with E-state index < -0.39 is 0 Å². The molecule has 1 aliphatic heterocycles. The Morgan fingerprint density at radius 1 is 1.15 bits per heavy atom. The summed E-state index contributed by atoms with van der Waals surface area (Å²) in [4.78, 5) is 25.6. The van der Waals surface area contributed by atoms with Crippen LogP contribution >= 0.6 is 12.2 Å². The number of ether oxygens (including phenoxy) is 1. The number of thiocarbonyl (C=S) groups is 1. The van der Waals surface area contributed by atoms with E-state index in [4.69, 9.17) is 12.2 Å². The molecule has 148 valence electrons. The topological polar surface area (TPSA) is 70.7 Å². The van der Waals surface area contributed by atoms with Crippen molar-refractivity contribution in [2.45, 2.75) is 38.5 Å². The lowest BCUT2D eigenvalue weighted by molar-refractivity contribution is -0.140. The first kappa shape index (κ1) is 21.2. The lowest BCUT2D eigenvalue weighted by atomic mass is 9.96. The lowest BCUT2D eigenvalue weighted by Crippen LogP contribution is -2.46. The average molecular weight is 392 g/mol. The highest BCUT2D eigenvalue weighted by Crippen LogP contribution is 2.19. The van der Waals surface area contributed by atoms with Crippen LogP contribution in [0.25, 0.3) is 0 Å². The van der Waals surface area contributed by atoms with Crippen molar-refractivity contribution >= 4 is 34.9 Å². The number of esters is 1. The largest absolute Gasteiger partial charge is 0.469 e. The minimum atomic E-state index is -0.155. The number of para-hydroxylation sites is 1. The van der Waals surface area contributed by atoms with Crippen LogP contribution in [-0.4, -0.2) is 48.6 Å². The number of piperidine rings is 1. The first-order valence-corrected chi connectivity index (χ1v) is 9.96. The molecule has 0 saturated carbocycles. The number of nitrogens with zero attached hydrogens (tertiary/aromatic N) is 1. The SMILES string of the molecule is COC(=O)CCCCCNC(=S)N1CCC(C(=O)Nc2ccccc2)CC1. The van der Waals surface area contributed by atoms with Crippen LogP contribution in [0, 0.1) is 5.92 Å². The minimum Gasteiger partial charge on any atom is -0.469 e. The van der Waals surface area contributed by atoms with Crippen molar-refractivity contribution in [2.24, 2.45) is 5.92 Å². The number of carbonyl (C=O) groups is 2. The maximum atomic E-state index is 12.4. The van der Waals surface area contributed by atoms with E-state index in [2.05, 4.69) is 20.3 Å². The third kappa shape index (κ3) is 7.54. The molecule has 1 aromatic rings. The van der Waals surface area contributed by atoms with Gasteiger partial charge in [0, 0.05) is 37.7 Å². The number of rotatable bonds is 8. The molecular weight excluding hydrogens is 362 g/mol. The Balaban J connectivity index is 1.60. The molecule has 0 radical (unpaired) electrons. The van der Waals surface area contributed by atoms with Crippen LogP contribution in [0.5, 0.6) is 0 Å². The van der Waals surface area contributed by atoms with Gasteiger partial charge in [0.15, 0.2) is 5.11 Å². The molecule has 1 saturated heterocycles. The highest BCUT2D eigenvalue weighted by molar-refractivity contribution is 7.80. The number of unbranched alkanes of at least 4 members (excludes halogenated alkanes) is 2. The van der Waals surface area contributed by atoms with E-state index in [9.17, 15) is 9.59 Å². The van der Waals surface area contributed by atoms with E-state index in [0.29, 0.717) is 6.42 Å². The molecule has 0 aliphatic carbocycles. The predicted octanol–water partition coefficient (Wildman–Crippen LogP) is 2.95. The summed E-state index contributed by atoms with van der Waals surface area (Å²) in [5, 5.41) is 7.02. The predicted molar refractivity (Wildman–Crippen MR) is 110 cm³/mol. The second kappa shape index (κ2) is 11.5. The number of nitrogens with one attached hydrogen (secondary N) is 2. The van der Waals surface area contributed by atoms with Crippen molar-refractivity contribution in [3.8, 4) is 0 Å². The summed E-state index contributed by atoms with van der Waals surface area (Å²) in [6.07, 6.45) is 4.85. The van der Waals surface area contributed by atoms with Crippen LogP contribution in [0.2, 0.25) is 0 Å². The van der Waals surface area contributed by atoms with Gasteiger partial charge in [-0.25, -0.2) is 0 Å². The second-order valence-electron chi connectivity index (χ2n) is 6.74. The molecule has 0 unspecified atom stereocenters. The van der Waals surface area contributed by atoms with E-state index in [1.54, 1.807) is 0 Å². The third-order valence-electron chi connectivity index (χ3n) is 4.76. The van der Waals surface area contributed by atoms with E-state index in [1.165, 1.54) is 7.11 Å². The highest BCUT2D eigenvalue weighted by Gasteiger charge is 2.26. The lowest BCUT2D eigenvalue weighted by Gasteiger charge is -2.33. The van der Waals surface area contributed by atoms with Gasteiger partial charge in [0.25, 0.3) is 0 Å². The van der Waals surface area contributed by atoms with Crippen LogP contribution in [0.3, 0.4) is 0 Å². The number of hydrogen-bond donors (Lipinski definition) is 2. The number of carbonyl (C=O) groups excluding carboxylic acids is 2. The van der Waals surface area contributed by atoms with Crippen LogP contribution in [0.1, 0.15) is 38.5 Å². The Hall–Kier alpha value is -2.15. The summed E-state index contributed by atoms with van der Waals surface area (Å²) in [7, 11) is 1.41. The minimum absolute atomic E-state index is 0.0302. The molecule has 1 amide bonds. The van der Waals surface area contributed by atoms with Crippen molar-refractivity contribution in [1.29, 1.82) is 0 Å². The zero-order valence-electron chi connectivity index (χ0n) is 15.9. The Morgan fingerprint density at radius 3 is 2.52 bits per heavy atom. The van der Waals surface area contributed by atoms with Crippen molar-refractivity contribution in [3.05, 3.63) is 30.3 Å². The molecule has 0 bridgehead atoms. The molecule has 0 spiro atoms. The highest BCUT2D eigenvalue weighted by atomic mass is 32.1. The Labute approximate surface area is 166 Å². The molecule has 0 atom stereocenters. The molecule has 27 heavy (non-hydrogen) atoms. The Morgan fingerprint density at radius 2 is 1.85 bits per heavy atom. The standard InChI is InChI=1S/C20H29N3O3S/c1-26-18(24)10-6-3-7-13-21-20(27)23-14-11-16(12-15-23)19(25)22-17-8-4-2-5-9-17/h2,4-5,8-9,16H,3,6-7,10-15H2,1H3,(H,21,27)(H,22,25). The maximum Gasteiger partial charge on any atom is 0.305 e. The number of likely N-dealkylation sites (tertiary alicyclic amines) is 1. The van der Waals surface area contributed by atoms with Crippen molar-refractivity contribution < 1.29 is 14.3 Å². The second-order valence-corrected chi connectivity index (χ2v) is 7.12. The maximum absolute atomic E-state index is 12.4. The van der Waals surface area contributed by atoms with Gasteiger partial charge in [0.2, 0.25) is 5.91 Å². The van der Waals surface area contributed by atoms with Crippen LogP contribution < -0.4 is 10.6 Å². The van der Waals surface area contributed by atoms with Gasteiger partial charge in [0.05, 0.1) is 7.11 Å². The summed E-state index contributed by atoms with van der Waals surface area (Å²) >= 11 is 5.46. The molecule has 1 aliphatic rings. The summed E-state index contributed by atoms with van der Waals surface area (Å²) in [6, 6.07) is 9.56. The van der Waals surface area contributed by atoms with Gasteiger partial charge >= 0.3 is 5.97 Å². The first-order chi connectivity index (χ1) is 13.1. The van der Waals surface area contributed by atoms with Crippen molar-refractivity contribution in [3.63, 3.8) is 0 Å². The number of amides is 1. The van der Waals surface area contributed by atoms with Crippen molar-refractivity contribution in [2.75, 3.05) is 32.1 Å². The van der Waals surface area contributed by atoms with Gasteiger partial charge < -0.3 is 20.3 Å². The van der Waals surface area contributed by atoms with E-state index in [1.807, 2.05) is 30.3 Å². The van der Waals surface area contributed by atoms with E-state index in [0.717, 1.165) is 62.5 Å². The molecular formula is C20H29N3O3S. The van der Waals surface area contributed by atoms with Gasteiger partial charge in [-0.1, -0.05) is 24.6 Å². The quantitative estimate of drug-likeness (QED) is 0.403. The molecule has 2 N–H and O–H groups in total. The molecule has 1 heterocycles. The third-order valence-corrected chi connectivity index (χ3v) is 5.16. The fraction of sp³-hybridized carbons (Fsp3) is 0.550. The van der Waals surface area contributed by atoms with Gasteiger partial charge in [-0.2, -0.15) is 0 Å². The normalized spacial score (nSPS) is 14.5. The van der Waals surface area contributed by atoms with Crippen molar-refractivity contribution in [1.82, 2.24) is 10.2 Å². The molecule has 0 aromatic heterocycles. The van der Waals surface area contributed by atoms with Crippen LogP contribution in [-0.2, 0) is 14.3 Å². The van der Waals surface area contributed by atoms with Crippen LogP contribution in [0.4, 0.5) is 5.69 Å². The number of anilines is 1. The number of hydrogen-bond acceptors (Lipinski definition) is 4. The Bertz CT molecular complexity index is 616. The summed E-state index contributed by atoms with van der Waals surface area (Å²) in [5.74, 6) is -0.0365. The molecule has 6 nitrogen and oxygen atoms in total. The van der Waals surface area contributed by atoms with Crippen LogP contribution in [0.15, 0.2) is 30.3 Å². The van der Waals surface area contributed by atoms with E-state index >= 15 is 0 Å². The number of benzene rings is 1. The summed E-state index contributed by atoms with van der Waals surface area (Å²) in [6.45, 7) is 2.39. The van der Waals surface area contributed by atoms with Gasteiger partial charge in [0.1, 0.15) is 0 Å². The summed E-state index contributed by atoms with van der Waals surface area (Å²) < 4.78 is 4.62. The molecule has 1 fully saturated rings. The fourth-order valence-corrected chi connectivity index (χ4v) is 3.38. The van der Waals surface area contributed by atoms with E-state index in [-0.39, 0.29) is 17.8 Å². The molecule has 7 heteroatoms. The monoisotopic (exact) mass is 391 g/mol. The molecule has 2 rings (SSSR count). The Kier molecular flexibility index (Phi) is 9.04. The molecule has 1 aromatic carbocycles.